The fourth-order valence-corrected chi connectivity index (χ4v) is 7.98. The fraction of sp³-hybridized carbons (Fsp3) is 0.548. The lowest BCUT2D eigenvalue weighted by atomic mass is 9.92. The van der Waals surface area contributed by atoms with Crippen molar-refractivity contribution in [2.75, 3.05) is 24.7 Å². The molecule has 0 heterocycles. The molecular weight excluding hydrogens is 959 g/mol. The molecule has 69 heavy (non-hydrogen) atoms. The van der Waals surface area contributed by atoms with Gasteiger partial charge in [0.05, 0.1) is 30.8 Å². The van der Waals surface area contributed by atoms with Crippen molar-refractivity contribution >= 4 is 98.7 Å². The number of alkyl carbamates (subject to hydrolysis) is 1. The van der Waals surface area contributed by atoms with Gasteiger partial charge < -0.3 is 62.0 Å². The smallest absolute Gasteiger partial charge is 0.407 e. The Kier molecular flexibility index (Phi) is 28.0. The lowest BCUT2D eigenvalue weighted by Gasteiger charge is -2.23. The summed E-state index contributed by atoms with van der Waals surface area (Å²) >= 11 is 0. The summed E-state index contributed by atoms with van der Waals surface area (Å²) in [6.07, 6.45) is -6.90. The minimum Gasteiger partial charge on any atom is -0.481 e. The van der Waals surface area contributed by atoms with E-state index < -0.39 is 165 Å². The highest BCUT2D eigenvalue weighted by atomic mass is 33.1. The first-order valence-electron chi connectivity index (χ1n) is 21.2. The van der Waals surface area contributed by atoms with Crippen LogP contribution in [0.25, 0.3) is 0 Å². The molecule has 1 aromatic rings. The highest BCUT2D eigenvalue weighted by Gasteiger charge is 2.33. The van der Waals surface area contributed by atoms with E-state index in [1.807, 2.05) is 10.6 Å². The maximum absolute atomic E-state index is 13.7. The van der Waals surface area contributed by atoms with Crippen LogP contribution in [0.3, 0.4) is 0 Å². The van der Waals surface area contributed by atoms with Gasteiger partial charge in [0.2, 0.25) is 11.8 Å². The van der Waals surface area contributed by atoms with Gasteiger partial charge in [0.15, 0.2) is 11.6 Å². The standard InChI is InChI=1S/C42H57N5O20S2/c1-22(2)32(50)20-43-42(66)67-14-15-68-69-21-25(37(57)58)18-31(49)30(16-23-6-4-3-5-7-23)45-36(56)24(19-35(54)55)17-26(48)8-9-27(38(59)60)44-33(51)12-10-28(39(61)62)46-41(65)47-29(40(63)64)11-13-34(52)53/h3-7,22,24-25,27-30H,8-21H2,1-2H3,(H,43,66)(H,44,51)(H,45,56)(H,52,53)(H,54,55)(H,57,58)(H,59,60)(H,61,62)(H,63,64)(H2,46,47,65)/t24-,25+,27-,28-,29-,30+/m0/s1. The Labute approximate surface area is 402 Å². The maximum atomic E-state index is 13.7. The van der Waals surface area contributed by atoms with Crippen molar-refractivity contribution in [2.24, 2.45) is 17.8 Å². The molecule has 0 bridgehead atoms. The van der Waals surface area contributed by atoms with Gasteiger partial charge in [-0.3, -0.25) is 38.4 Å². The average Bonchev–Trinajstić information content (AvgIpc) is 3.26. The summed E-state index contributed by atoms with van der Waals surface area (Å²) in [5, 5.41) is 67.4. The molecule has 0 aliphatic rings. The zero-order valence-electron chi connectivity index (χ0n) is 37.5. The summed E-state index contributed by atoms with van der Waals surface area (Å²) in [6, 6.07) is 0.269. The second kappa shape index (κ2) is 32.1. The number of carbonyl (C=O) groups is 13. The zero-order chi connectivity index (χ0) is 52.2. The van der Waals surface area contributed by atoms with E-state index in [1.54, 1.807) is 44.2 Å². The minimum absolute atomic E-state index is 0.0699. The molecule has 0 saturated heterocycles. The highest BCUT2D eigenvalue weighted by molar-refractivity contribution is 8.76. The number of ether oxygens (including phenoxy) is 1. The number of hydrogen-bond donors (Lipinski definition) is 11. The van der Waals surface area contributed by atoms with Crippen LogP contribution in [0.15, 0.2) is 30.3 Å². The van der Waals surface area contributed by atoms with Crippen LogP contribution in [0.2, 0.25) is 0 Å². The molecular formula is C42H57N5O20S2. The molecule has 0 radical (unpaired) electrons. The SMILES string of the molecule is CC(C)C(=O)CNC(=O)OCCSSC[C@@H](CC(=O)[C@@H](Cc1ccccc1)NC(=O)[C@H](CC(=O)O)CC(=O)CC[C@H](NC(=O)CC[C@H](NC(=O)N[C@@H](CCC(=O)O)C(=O)O)C(=O)O)C(=O)O)C(=O)O. The largest absolute Gasteiger partial charge is 0.481 e. The molecule has 0 spiro atoms. The lowest BCUT2D eigenvalue weighted by molar-refractivity contribution is -0.144. The highest BCUT2D eigenvalue weighted by Crippen LogP contribution is 2.26. The molecule has 0 aromatic heterocycles. The number of hydrogen-bond acceptors (Lipinski definition) is 16. The lowest BCUT2D eigenvalue weighted by Crippen LogP contribution is -2.51. The summed E-state index contributed by atoms with van der Waals surface area (Å²) in [5.41, 5.74) is 0.539. The molecule has 0 fully saturated rings. The second-order valence-electron chi connectivity index (χ2n) is 15.6. The Morgan fingerprint density at radius 1 is 0.580 bits per heavy atom. The molecule has 1 rings (SSSR count). The molecule has 11 N–H and O–H groups in total. The van der Waals surface area contributed by atoms with Crippen LogP contribution in [0.5, 0.6) is 0 Å². The van der Waals surface area contributed by atoms with Crippen LogP contribution in [-0.4, -0.2) is 157 Å². The normalized spacial score (nSPS) is 13.4. The van der Waals surface area contributed by atoms with Crippen molar-refractivity contribution in [1.82, 2.24) is 26.6 Å². The van der Waals surface area contributed by atoms with Crippen LogP contribution < -0.4 is 26.6 Å². The Hall–Kier alpha value is -6.77. The summed E-state index contributed by atoms with van der Waals surface area (Å²) in [5.74, 6) is -15.9. The van der Waals surface area contributed by atoms with E-state index in [-0.39, 0.29) is 42.8 Å². The van der Waals surface area contributed by atoms with Crippen LogP contribution in [0.1, 0.15) is 77.2 Å². The fourth-order valence-electron chi connectivity index (χ4n) is 5.85. The minimum atomic E-state index is -1.80. The molecule has 0 aliphatic carbocycles. The van der Waals surface area contributed by atoms with Crippen molar-refractivity contribution in [3.8, 4) is 0 Å². The van der Waals surface area contributed by atoms with Gasteiger partial charge in [0.25, 0.3) is 0 Å². The van der Waals surface area contributed by atoms with E-state index in [4.69, 9.17) is 9.84 Å². The number of carbonyl (C=O) groups excluding carboxylic acids is 7. The summed E-state index contributed by atoms with van der Waals surface area (Å²) in [4.78, 5) is 159. The first-order valence-corrected chi connectivity index (χ1v) is 23.7. The van der Waals surface area contributed by atoms with Crippen LogP contribution in [0.4, 0.5) is 9.59 Å². The number of rotatable bonds is 36. The third-order valence-electron chi connectivity index (χ3n) is 9.71. The summed E-state index contributed by atoms with van der Waals surface area (Å²) in [7, 11) is 2.23. The van der Waals surface area contributed by atoms with Crippen molar-refractivity contribution in [3.05, 3.63) is 35.9 Å². The van der Waals surface area contributed by atoms with Crippen molar-refractivity contribution in [1.29, 1.82) is 0 Å². The number of urea groups is 1. The van der Waals surface area contributed by atoms with Gasteiger partial charge >= 0.3 is 47.9 Å². The Bertz CT molecular complexity index is 2000. The van der Waals surface area contributed by atoms with Crippen LogP contribution in [0, 0.1) is 17.8 Å². The molecule has 0 aliphatic heterocycles. The quantitative estimate of drug-likeness (QED) is 0.0329. The Morgan fingerprint density at radius 3 is 1.68 bits per heavy atom. The first-order chi connectivity index (χ1) is 32.4. The number of benzene rings is 1. The predicted octanol–water partition coefficient (Wildman–Crippen LogP) is 0.957. The predicted molar refractivity (Wildman–Crippen MR) is 242 cm³/mol. The third-order valence-corrected chi connectivity index (χ3v) is 12.2. The number of aliphatic carboxylic acids is 6. The molecule has 6 atom stereocenters. The molecule has 25 nitrogen and oxygen atoms in total. The summed E-state index contributed by atoms with van der Waals surface area (Å²) in [6.45, 7) is 3.08. The molecule has 27 heteroatoms. The summed E-state index contributed by atoms with van der Waals surface area (Å²) < 4.78 is 4.99. The topological polar surface area (TPSA) is 413 Å². The van der Waals surface area contributed by atoms with Gasteiger partial charge in [-0.2, -0.15) is 0 Å². The van der Waals surface area contributed by atoms with Crippen LogP contribution >= 0.6 is 21.6 Å². The van der Waals surface area contributed by atoms with Crippen molar-refractivity contribution in [2.45, 2.75) is 102 Å². The van der Waals surface area contributed by atoms with E-state index in [9.17, 15) is 87.9 Å². The van der Waals surface area contributed by atoms with Gasteiger partial charge in [0.1, 0.15) is 30.5 Å². The van der Waals surface area contributed by atoms with Gasteiger partial charge in [-0.05, 0) is 31.2 Å². The molecule has 0 unspecified atom stereocenters. The first kappa shape index (κ1) is 60.2. The van der Waals surface area contributed by atoms with Gasteiger partial charge in [-0.15, -0.1) is 0 Å². The number of carboxylic acids is 6. The molecule has 5 amide bonds. The third kappa shape index (κ3) is 26.4. The number of carboxylic acid groups (broad SMARTS) is 6. The van der Waals surface area contributed by atoms with E-state index in [2.05, 4.69) is 16.0 Å². The van der Waals surface area contributed by atoms with E-state index in [0.717, 1.165) is 21.6 Å². The van der Waals surface area contributed by atoms with Gasteiger partial charge in [0, 0.05) is 49.5 Å². The van der Waals surface area contributed by atoms with E-state index in [1.165, 1.54) is 0 Å². The van der Waals surface area contributed by atoms with Crippen LogP contribution in [-0.2, 0) is 63.9 Å². The average molecular weight is 1020 g/mol. The number of amides is 5. The molecule has 382 valence electrons. The van der Waals surface area contributed by atoms with Gasteiger partial charge in [-0.1, -0.05) is 65.8 Å². The second-order valence-corrected chi connectivity index (χ2v) is 18.2. The van der Waals surface area contributed by atoms with E-state index in [0.29, 0.717) is 5.56 Å². The van der Waals surface area contributed by atoms with E-state index >= 15 is 0 Å². The van der Waals surface area contributed by atoms with Crippen molar-refractivity contribution in [3.63, 3.8) is 0 Å². The monoisotopic (exact) mass is 1020 g/mol. The number of nitrogens with one attached hydrogen (secondary N) is 5. The molecule has 0 saturated carbocycles. The molecule has 1 aromatic carbocycles. The van der Waals surface area contributed by atoms with Crippen molar-refractivity contribution < 1.29 is 97.7 Å². The Balaban J connectivity index is 2.94. The maximum Gasteiger partial charge on any atom is 0.407 e. The number of Topliss-reactive ketones (excluding diaryl/α,β-unsaturated/α-hetero) is 3. The Morgan fingerprint density at radius 2 is 1.14 bits per heavy atom. The zero-order valence-corrected chi connectivity index (χ0v) is 39.2. The number of ketones is 3. The van der Waals surface area contributed by atoms with Gasteiger partial charge in [-0.25, -0.2) is 24.0 Å².